The Bertz CT molecular complexity index is 885. The first kappa shape index (κ1) is 22.2. The van der Waals surface area contributed by atoms with Crippen LogP contribution in [0, 0.1) is 0 Å². The van der Waals surface area contributed by atoms with Gasteiger partial charge in [-0.05, 0) is 54.5 Å². The van der Waals surface area contributed by atoms with Gasteiger partial charge in [0.1, 0.15) is 0 Å². The molecule has 0 radical (unpaired) electrons. The van der Waals surface area contributed by atoms with Crippen LogP contribution in [0.3, 0.4) is 0 Å². The van der Waals surface area contributed by atoms with E-state index in [1.54, 1.807) is 25.3 Å². The molecule has 0 saturated carbocycles. The molecule has 0 aromatic heterocycles. The van der Waals surface area contributed by atoms with Crippen LogP contribution in [0.15, 0.2) is 42.5 Å². The molecule has 2 rings (SSSR count). The van der Waals surface area contributed by atoms with Crippen molar-refractivity contribution in [2.45, 2.75) is 19.9 Å². The van der Waals surface area contributed by atoms with E-state index < -0.39 is 11.9 Å². The van der Waals surface area contributed by atoms with Crippen LogP contribution in [0.5, 0.6) is 11.5 Å². The number of methoxy groups -OCH3 is 2. The van der Waals surface area contributed by atoms with Gasteiger partial charge in [-0.15, -0.1) is 0 Å². The molecule has 0 fully saturated rings. The quantitative estimate of drug-likeness (QED) is 0.505. The molecule has 7 nitrogen and oxygen atoms in total. The van der Waals surface area contributed by atoms with E-state index in [0.29, 0.717) is 30.2 Å². The average molecular weight is 416 g/mol. The van der Waals surface area contributed by atoms with E-state index in [-0.39, 0.29) is 10.7 Å². The molecule has 8 heteroatoms. The maximum Gasteiger partial charge on any atom is 0.337 e. The highest BCUT2D eigenvalue weighted by Crippen LogP contribution is 2.28. The topological polar surface area (TPSA) is 85.9 Å². The van der Waals surface area contributed by atoms with E-state index in [2.05, 4.69) is 15.4 Å². The smallest absolute Gasteiger partial charge is 0.337 e. The number of amides is 1. The zero-order valence-corrected chi connectivity index (χ0v) is 17.4. The zero-order chi connectivity index (χ0) is 21.2. The van der Waals surface area contributed by atoms with Gasteiger partial charge in [-0.25, -0.2) is 4.79 Å². The Morgan fingerprint density at radius 3 is 2.48 bits per heavy atom. The lowest BCUT2D eigenvalue weighted by atomic mass is 10.1. The number of ether oxygens (including phenoxy) is 3. The monoisotopic (exact) mass is 416 g/mol. The summed E-state index contributed by atoms with van der Waals surface area (Å²) in [5, 5.41) is 5.74. The molecule has 2 aromatic carbocycles. The molecule has 154 valence electrons. The summed E-state index contributed by atoms with van der Waals surface area (Å²) in [6.07, 6.45) is 0.906. The second kappa shape index (κ2) is 11.0. The van der Waals surface area contributed by atoms with Gasteiger partial charge in [0.15, 0.2) is 16.6 Å². The lowest BCUT2D eigenvalue weighted by molar-refractivity contribution is 0.0600. The Morgan fingerprint density at radius 2 is 1.79 bits per heavy atom. The summed E-state index contributed by atoms with van der Waals surface area (Å²) in [7, 11) is 2.87. The van der Waals surface area contributed by atoms with Crippen LogP contribution < -0.4 is 20.1 Å². The molecule has 0 aliphatic heterocycles. The van der Waals surface area contributed by atoms with Gasteiger partial charge in [-0.2, -0.15) is 0 Å². The van der Waals surface area contributed by atoms with Gasteiger partial charge in [0.05, 0.1) is 26.4 Å². The second-order valence-electron chi connectivity index (χ2n) is 6.04. The molecular formula is C21H24N2O5S. The number of benzene rings is 2. The normalized spacial score (nSPS) is 10.0. The molecule has 0 aliphatic carbocycles. The van der Waals surface area contributed by atoms with Gasteiger partial charge < -0.3 is 19.5 Å². The van der Waals surface area contributed by atoms with E-state index in [1.165, 1.54) is 13.2 Å². The lowest BCUT2D eigenvalue weighted by Gasteiger charge is -2.13. The maximum absolute atomic E-state index is 12.3. The SMILES string of the molecule is CCCOc1ccc(CNC(=S)NC(=O)c2cccc(C(=O)OC)c2)cc1OC. The van der Waals surface area contributed by atoms with E-state index >= 15 is 0 Å². The number of rotatable bonds is 8. The zero-order valence-electron chi connectivity index (χ0n) is 16.6. The van der Waals surface area contributed by atoms with Crippen LogP contribution in [0.4, 0.5) is 0 Å². The van der Waals surface area contributed by atoms with Crippen LogP contribution in [0.1, 0.15) is 39.6 Å². The van der Waals surface area contributed by atoms with Crippen LogP contribution in [-0.2, 0) is 11.3 Å². The third kappa shape index (κ3) is 6.46. The fourth-order valence-electron chi connectivity index (χ4n) is 2.46. The minimum Gasteiger partial charge on any atom is -0.493 e. The van der Waals surface area contributed by atoms with Crippen molar-refractivity contribution in [2.75, 3.05) is 20.8 Å². The lowest BCUT2D eigenvalue weighted by Crippen LogP contribution is -2.38. The summed E-state index contributed by atoms with van der Waals surface area (Å²) in [6.45, 7) is 3.04. The summed E-state index contributed by atoms with van der Waals surface area (Å²) in [4.78, 5) is 23.9. The van der Waals surface area contributed by atoms with Gasteiger partial charge in [0, 0.05) is 12.1 Å². The molecule has 0 heterocycles. The van der Waals surface area contributed by atoms with Crippen molar-refractivity contribution in [3.05, 3.63) is 59.2 Å². The van der Waals surface area contributed by atoms with Crippen molar-refractivity contribution in [3.8, 4) is 11.5 Å². The van der Waals surface area contributed by atoms with Crippen LogP contribution in [0.2, 0.25) is 0 Å². The maximum atomic E-state index is 12.3. The molecule has 2 aromatic rings. The number of carbonyl (C=O) groups is 2. The van der Waals surface area contributed by atoms with Crippen molar-refractivity contribution in [1.29, 1.82) is 0 Å². The second-order valence-corrected chi connectivity index (χ2v) is 6.45. The Balaban J connectivity index is 1.94. The Morgan fingerprint density at radius 1 is 1.03 bits per heavy atom. The van der Waals surface area contributed by atoms with Crippen molar-refractivity contribution in [3.63, 3.8) is 0 Å². The van der Waals surface area contributed by atoms with Crippen molar-refractivity contribution < 1.29 is 23.8 Å². The van der Waals surface area contributed by atoms with Gasteiger partial charge in [-0.3, -0.25) is 10.1 Å². The molecule has 1 amide bonds. The molecule has 29 heavy (non-hydrogen) atoms. The van der Waals surface area contributed by atoms with E-state index in [4.69, 9.17) is 21.7 Å². The van der Waals surface area contributed by atoms with Gasteiger partial charge in [-0.1, -0.05) is 19.1 Å². The van der Waals surface area contributed by atoms with E-state index in [1.807, 2.05) is 25.1 Å². The Kier molecular flexibility index (Phi) is 8.42. The predicted octanol–water partition coefficient (Wildman–Crippen LogP) is 3.08. The molecule has 0 aliphatic rings. The third-order valence-corrected chi connectivity index (χ3v) is 4.16. The molecule has 0 bridgehead atoms. The first-order valence-corrected chi connectivity index (χ1v) is 9.46. The van der Waals surface area contributed by atoms with Gasteiger partial charge in [0.2, 0.25) is 0 Å². The number of nitrogens with one attached hydrogen (secondary N) is 2. The summed E-state index contributed by atoms with van der Waals surface area (Å²) in [5.74, 6) is 0.376. The number of thiocarbonyl (C=S) groups is 1. The molecule has 2 N–H and O–H groups in total. The fourth-order valence-corrected chi connectivity index (χ4v) is 2.63. The molecule has 0 unspecified atom stereocenters. The summed E-state index contributed by atoms with van der Waals surface area (Å²) >= 11 is 5.19. The highest BCUT2D eigenvalue weighted by atomic mass is 32.1. The highest BCUT2D eigenvalue weighted by molar-refractivity contribution is 7.80. The third-order valence-electron chi connectivity index (χ3n) is 3.92. The fraction of sp³-hybridized carbons (Fsp3) is 0.286. The predicted molar refractivity (Wildman–Crippen MR) is 113 cm³/mol. The number of hydrogen-bond donors (Lipinski definition) is 2. The highest BCUT2D eigenvalue weighted by Gasteiger charge is 2.12. The summed E-state index contributed by atoms with van der Waals surface area (Å²) < 4.78 is 15.7. The largest absolute Gasteiger partial charge is 0.493 e. The van der Waals surface area contributed by atoms with Gasteiger partial charge >= 0.3 is 5.97 Å². The standard InChI is InChI=1S/C21H24N2O5S/c1-4-10-28-17-9-8-14(11-18(17)26-2)13-22-21(29)23-19(24)15-6-5-7-16(12-15)20(25)27-3/h5-9,11-12H,4,10,13H2,1-3H3,(H2,22,23,24,29). The number of esters is 1. The van der Waals surface area contributed by atoms with Gasteiger partial charge in [0.25, 0.3) is 5.91 Å². The molecule has 0 saturated heterocycles. The molecule has 0 spiro atoms. The van der Waals surface area contributed by atoms with Crippen LogP contribution >= 0.6 is 12.2 Å². The number of hydrogen-bond acceptors (Lipinski definition) is 6. The van der Waals surface area contributed by atoms with Crippen LogP contribution in [-0.4, -0.2) is 37.8 Å². The Hall–Kier alpha value is -3.13. The minimum atomic E-state index is -0.513. The molecular weight excluding hydrogens is 392 g/mol. The minimum absolute atomic E-state index is 0.170. The molecule has 0 atom stereocenters. The Labute approximate surface area is 175 Å². The summed E-state index contributed by atoms with van der Waals surface area (Å²) in [6, 6.07) is 11.8. The average Bonchev–Trinajstić information content (AvgIpc) is 2.75. The van der Waals surface area contributed by atoms with Crippen molar-refractivity contribution in [1.82, 2.24) is 10.6 Å². The summed E-state index contributed by atoms with van der Waals surface area (Å²) in [5.41, 5.74) is 1.50. The van der Waals surface area contributed by atoms with Crippen molar-refractivity contribution in [2.24, 2.45) is 0 Å². The number of carbonyl (C=O) groups excluding carboxylic acids is 2. The first-order valence-electron chi connectivity index (χ1n) is 9.05. The van der Waals surface area contributed by atoms with Crippen LogP contribution in [0.25, 0.3) is 0 Å². The van der Waals surface area contributed by atoms with E-state index in [9.17, 15) is 9.59 Å². The van der Waals surface area contributed by atoms with E-state index in [0.717, 1.165) is 12.0 Å². The first-order chi connectivity index (χ1) is 14.0. The van der Waals surface area contributed by atoms with Crippen molar-refractivity contribution >= 4 is 29.2 Å².